The second kappa shape index (κ2) is 10.6. The van der Waals surface area contributed by atoms with E-state index in [2.05, 4.69) is 31.0 Å². The minimum atomic E-state index is -0.136. The number of H-pyrrole nitrogens is 2. The van der Waals surface area contributed by atoms with Gasteiger partial charge in [-0.15, -0.1) is 0 Å². The molecule has 2 rings (SSSR count). The Hall–Kier alpha value is -3.16. The van der Waals surface area contributed by atoms with E-state index in [4.69, 9.17) is 0 Å². The molecule has 2 heterocycles. The molecule has 0 unspecified atom stereocenters. The topological polar surface area (TPSA) is 114 Å². The SMILES string of the molecule is O=C(CCCCCC(=O)N/N=C/c1ccc[nH]1)N/N=C/c1ccc[nH]1. The molecular weight excluding hydrogens is 320 g/mol. The number of aromatic amines is 2. The van der Waals surface area contributed by atoms with Crippen molar-refractivity contribution in [3.8, 4) is 0 Å². The molecule has 0 atom stereocenters. The molecule has 2 amide bonds. The van der Waals surface area contributed by atoms with Gasteiger partial charge < -0.3 is 9.97 Å². The summed E-state index contributed by atoms with van der Waals surface area (Å²) < 4.78 is 0. The Balaban J connectivity index is 1.48. The van der Waals surface area contributed by atoms with Gasteiger partial charge >= 0.3 is 0 Å². The molecule has 0 bridgehead atoms. The van der Waals surface area contributed by atoms with E-state index in [1.54, 1.807) is 24.8 Å². The van der Waals surface area contributed by atoms with Gasteiger partial charge in [-0.2, -0.15) is 10.2 Å². The van der Waals surface area contributed by atoms with Crippen molar-refractivity contribution in [2.75, 3.05) is 0 Å². The van der Waals surface area contributed by atoms with Crippen LogP contribution in [-0.4, -0.2) is 34.2 Å². The number of hydrogen-bond acceptors (Lipinski definition) is 4. The summed E-state index contributed by atoms with van der Waals surface area (Å²) in [6, 6.07) is 7.40. The van der Waals surface area contributed by atoms with Crippen LogP contribution in [0.3, 0.4) is 0 Å². The summed E-state index contributed by atoms with van der Waals surface area (Å²) in [7, 11) is 0. The Morgan fingerprint density at radius 3 is 1.72 bits per heavy atom. The van der Waals surface area contributed by atoms with Crippen LogP contribution >= 0.6 is 0 Å². The first-order chi connectivity index (χ1) is 12.2. The molecule has 0 aromatic carbocycles. The number of hydrazone groups is 2. The number of hydrogen-bond donors (Lipinski definition) is 4. The van der Waals surface area contributed by atoms with Gasteiger partial charge in [0.2, 0.25) is 11.8 Å². The smallest absolute Gasteiger partial charge is 0.240 e. The Morgan fingerprint density at radius 2 is 1.32 bits per heavy atom. The molecule has 0 aliphatic carbocycles. The van der Waals surface area contributed by atoms with Gasteiger partial charge in [0.15, 0.2) is 0 Å². The molecule has 0 aliphatic rings. The van der Waals surface area contributed by atoms with Gasteiger partial charge in [0, 0.05) is 25.2 Å². The third kappa shape index (κ3) is 7.78. The Labute approximate surface area is 145 Å². The minimum Gasteiger partial charge on any atom is -0.360 e. The van der Waals surface area contributed by atoms with E-state index in [9.17, 15) is 9.59 Å². The van der Waals surface area contributed by atoms with Gasteiger partial charge in [-0.05, 0) is 37.1 Å². The first-order valence-electron chi connectivity index (χ1n) is 8.14. The fraction of sp³-hybridized carbons (Fsp3) is 0.294. The van der Waals surface area contributed by atoms with E-state index in [0.717, 1.165) is 17.8 Å². The molecule has 4 N–H and O–H groups in total. The highest BCUT2D eigenvalue weighted by Gasteiger charge is 2.02. The fourth-order valence-electron chi connectivity index (χ4n) is 2.06. The van der Waals surface area contributed by atoms with Gasteiger partial charge in [0.1, 0.15) is 0 Å². The number of rotatable bonds is 10. The van der Waals surface area contributed by atoms with E-state index in [-0.39, 0.29) is 11.8 Å². The number of aromatic nitrogens is 2. The quantitative estimate of drug-likeness (QED) is 0.300. The van der Waals surface area contributed by atoms with E-state index in [1.807, 2.05) is 24.3 Å². The first kappa shape index (κ1) is 18.2. The van der Waals surface area contributed by atoms with Crippen LogP contribution in [0.5, 0.6) is 0 Å². The summed E-state index contributed by atoms with van der Waals surface area (Å²) in [4.78, 5) is 29.1. The molecule has 0 aliphatic heterocycles. The van der Waals surface area contributed by atoms with Crippen LogP contribution < -0.4 is 10.9 Å². The molecule has 0 fully saturated rings. The van der Waals surface area contributed by atoms with Crippen LogP contribution in [0.2, 0.25) is 0 Å². The number of carbonyl (C=O) groups is 2. The van der Waals surface area contributed by atoms with Gasteiger partial charge in [-0.25, -0.2) is 10.9 Å². The van der Waals surface area contributed by atoms with Crippen LogP contribution in [-0.2, 0) is 9.59 Å². The minimum absolute atomic E-state index is 0.136. The highest BCUT2D eigenvalue weighted by Crippen LogP contribution is 2.03. The van der Waals surface area contributed by atoms with Gasteiger partial charge in [0.05, 0.1) is 23.8 Å². The predicted octanol–water partition coefficient (Wildman–Crippen LogP) is 1.89. The molecule has 132 valence electrons. The van der Waals surface area contributed by atoms with Crippen molar-refractivity contribution in [3.05, 3.63) is 48.0 Å². The zero-order valence-electron chi connectivity index (χ0n) is 13.9. The van der Waals surface area contributed by atoms with Crippen molar-refractivity contribution in [1.29, 1.82) is 0 Å². The molecule has 2 aromatic rings. The van der Waals surface area contributed by atoms with Crippen LogP contribution in [0.25, 0.3) is 0 Å². The maximum Gasteiger partial charge on any atom is 0.240 e. The summed E-state index contributed by atoms with van der Waals surface area (Å²) in [5.74, 6) is -0.273. The normalized spacial score (nSPS) is 11.2. The van der Waals surface area contributed by atoms with Gasteiger partial charge in [-0.3, -0.25) is 9.59 Å². The Kier molecular flexibility index (Phi) is 7.70. The second-order valence-electron chi connectivity index (χ2n) is 5.40. The van der Waals surface area contributed by atoms with Crippen molar-refractivity contribution in [1.82, 2.24) is 20.8 Å². The maximum atomic E-state index is 11.6. The average molecular weight is 342 g/mol. The number of unbranched alkanes of at least 4 members (excludes halogenated alkanes) is 2. The summed E-state index contributed by atoms with van der Waals surface area (Å²) in [5.41, 5.74) is 6.59. The molecule has 25 heavy (non-hydrogen) atoms. The van der Waals surface area contributed by atoms with Crippen LogP contribution in [0, 0.1) is 0 Å². The van der Waals surface area contributed by atoms with Crippen LogP contribution in [0.1, 0.15) is 43.5 Å². The molecule has 0 spiro atoms. The average Bonchev–Trinajstić information content (AvgIpc) is 3.28. The molecule has 0 radical (unpaired) electrons. The van der Waals surface area contributed by atoms with Crippen molar-refractivity contribution < 1.29 is 9.59 Å². The number of nitrogens with zero attached hydrogens (tertiary/aromatic N) is 2. The summed E-state index contributed by atoms with van der Waals surface area (Å²) >= 11 is 0. The summed E-state index contributed by atoms with van der Waals surface area (Å²) in [6.07, 6.45) is 9.65. The van der Waals surface area contributed by atoms with Crippen molar-refractivity contribution in [2.45, 2.75) is 32.1 Å². The zero-order valence-corrected chi connectivity index (χ0v) is 13.9. The van der Waals surface area contributed by atoms with Crippen molar-refractivity contribution in [2.24, 2.45) is 10.2 Å². The maximum absolute atomic E-state index is 11.6. The predicted molar refractivity (Wildman–Crippen MR) is 96.1 cm³/mol. The van der Waals surface area contributed by atoms with Gasteiger partial charge in [-0.1, -0.05) is 6.42 Å². The lowest BCUT2D eigenvalue weighted by atomic mass is 10.1. The second-order valence-corrected chi connectivity index (χ2v) is 5.40. The molecule has 8 heteroatoms. The molecule has 0 saturated heterocycles. The van der Waals surface area contributed by atoms with Crippen LogP contribution in [0.15, 0.2) is 46.9 Å². The lowest BCUT2D eigenvalue weighted by Gasteiger charge is -2.01. The summed E-state index contributed by atoms with van der Waals surface area (Å²) in [5, 5.41) is 7.71. The van der Waals surface area contributed by atoms with E-state index in [1.165, 1.54) is 0 Å². The number of nitrogens with one attached hydrogen (secondary N) is 4. The highest BCUT2D eigenvalue weighted by atomic mass is 16.2. The Morgan fingerprint density at radius 1 is 0.840 bits per heavy atom. The standard InChI is InChI=1S/C17H22N6O2/c24-16(22-20-12-14-6-4-10-18-14)8-2-1-3-9-17(25)23-21-13-15-7-5-11-19-15/h4-7,10-13,18-19H,1-3,8-9H2,(H,22,24)(H,23,25)/b20-12+,21-13+. The molecule has 0 saturated carbocycles. The molecule has 2 aromatic heterocycles. The fourth-order valence-corrected chi connectivity index (χ4v) is 2.06. The van der Waals surface area contributed by atoms with Crippen LogP contribution in [0.4, 0.5) is 0 Å². The third-order valence-electron chi connectivity index (χ3n) is 3.34. The molecule has 8 nitrogen and oxygen atoms in total. The number of carbonyl (C=O) groups excluding carboxylic acids is 2. The third-order valence-corrected chi connectivity index (χ3v) is 3.34. The molecular formula is C17H22N6O2. The lowest BCUT2D eigenvalue weighted by molar-refractivity contribution is -0.121. The van der Waals surface area contributed by atoms with Gasteiger partial charge in [0.25, 0.3) is 0 Å². The first-order valence-corrected chi connectivity index (χ1v) is 8.14. The highest BCUT2D eigenvalue weighted by molar-refractivity contribution is 5.81. The monoisotopic (exact) mass is 342 g/mol. The summed E-state index contributed by atoms with van der Waals surface area (Å²) in [6.45, 7) is 0. The van der Waals surface area contributed by atoms with E-state index < -0.39 is 0 Å². The van der Waals surface area contributed by atoms with Crippen molar-refractivity contribution in [3.63, 3.8) is 0 Å². The largest absolute Gasteiger partial charge is 0.360 e. The Bertz CT molecular complexity index is 629. The zero-order chi connectivity index (χ0) is 17.7. The van der Waals surface area contributed by atoms with Crippen molar-refractivity contribution >= 4 is 24.2 Å². The van der Waals surface area contributed by atoms with E-state index in [0.29, 0.717) is 25.7 Å². The lowest BCUT2D eigenvalue weighted by Crippen LogP contribution is -2.18. The number of amides is 2. The van der Waals surface area contributed by atoms with E-state index >= 15 is 0 Å².